The molecule has 0 spiro atoms. The Morgan fingerprint density at radius 3 is 2.63 bits per heavy atom. The lowest BCUT2D eigenvalue weighted by Crippen LogP contribution is -2.10. The van der Waals surface area contributed by atoms with E-state index >= 15 is 0 Å². The third kappa shape index (κ3) is 4.03. The third-order valence-electron chi connectivity index (χ3n) is 2.30. The molecule has 19 heavy (non-hydrogen) atoms. The van der Waals surface area contributed by atoms with Crippen LogP contribution in [-0.4, -0.2) is 29.2 Å². The molecule has 0 fully saturated rings. The average molecular weight is 286 g/mol. The van der Waals surface area contributed by atoms with E-state index in [1.165, 1.54) is 18.2 Å². The van der Waals surface area contributed by atoms with E-state index in [0.29, 0.717) is 5.56 Å². The molecule has 1 aromatic rings. The summed E-state index contributed by atoms with van der Waals surface area (Å²) in [5, 5.41) is 10.9. The average Bonchev–Trinajstić information content (AvgIpc) is 2.38. The second-order valence-electron chi connectivity index (χ2n) is 3.68. The van der Waals surface area contributed by atoms with Gasteiger partial charge in [-0.15, -0.1) is 11.6 Å². The number of ketones is 1. The molecule has 0 radical (unpaired) electrons. The summed E-state index contributed by atoms with van der Waals surface area (Å²) in [6.07, 6.45) is -0.00650. The fourth-order valence-corrected chi connectivity index (χ4v) is 1.59. The number of nitro groups is 1. The van der Waals surface area contributed by atoms with E-state index in [1.54, 1.807) is 6.92 Å². The Hall–Kier alpha value is -1.95. The quantitative estimate of drug-likeness (QED) is 0.346. The second-order valence-corrected chi connectivity index (χ2v) is 3.95. The van der Waals surface area contributed by atoms with Crippen LogP contribution in [0.3, 0.4) is 0 Å². The summed E-state index contributed by atoms with van der Waals surface area (Å²) in [4.78, 5) is 33.0. The molecule has 0 amide bonds. The number of carbonyl (C=O) groups excluding carboxylic acids is 2. The Kier molecular flexibility index (Phi) is 5.44. The molecular weight excluding hydrogens is 274 g/mol. The van der Waals surface area contributed by atoms with Gasteiger partial charge in [0.25, 0.3) is 5.69 Å². The summed E-state index contributed by atoms with van der Waals surface area (Å²) < 4.78 is 4.73. The number of nitrogens with zero attached hydrogens (tertiary/aromatic N) is 1. The van der Waals surface area contributed by atoms with Crippen molar-refractivity contribution in [3.05, 3.63) is 39.4 Å². The van der Waals surface area contributed by atoms with Gasteiger partial charge in [-0.1, -0.05) is 6.07 Å². The molecule has 0 saturated carbocycles. The van der Waals surface area contributed by atoms with Gasteiger partial charge in [-0.2, -0.15) is 0 Å². The highest BCUT2D eigenvalue weighted by molar-refractivity contribution is 6.27. The van der Waals surface area contributed by atoms with Crippen LogP contribution in [0.2, 0.25) is 0 Å². The summed E-state index contributed by atoms with van der Waals surface area (Å²) in [7, 11) is 0. The molecule has 7 heteroatoms. The summed E-state index contributed by atoms with van der Waals surface area (Å²) in [6.45, 7) is 1.74. The van der Waals surface area contributed by atoms with Crippen LogP contribution < -0.4 is 0 Å². The minimum Gasteiger partial charge on any atom is -0.462 e. The first-order valence-corrected chi connectivity index (χ1v) is 6.05. The van der Waals surface area contributed by atoms with E-state index in [0.717, 1.165) is 0 Å². The smallest absolute Gasteiger partial charge is 0.345 e. The van der Waals surface area contributed by atoms with Crippen LogP contribution in [0.5, 0.6) is 0 Å². The van der Waals surface area contributed by atoms with Crippen LogP contribution in [0, 0.1) is 10.1 Å². The van der Waals surface area contributed by atoms with Crippen LogP contribution in [0.25, 0.3) is 0 Å². The molecule has 0 aliphatic heterocycles. The zero-order valence-electron chi connectivity index (χ0n) is 10.2. The van der Waals surface area contributed by atoms with Crippen molar-refractivity contribution >= 4 is 29.0 Å². The van der Waals surface area contributed by atoms with Crippen LogP contribution >= 0.6 is 11.6 Å². The third-order valence-corrected chi connectivity index (χ3v) is 2.60. The molecule has 0 unspecified atom stereocenters. The van der Waals surface area contributed by atoms with Crippen molar-refractivity contribution in [1.82, 2.24) is 0 Å². The number of benzene rings is 1. The normalized spacial score (nSPS) is 10.0. The van der Waals surface area contributed by atoms with Crippen molar-refractivity contribution in [2.24, 2.45) is 0 Å². The topological polar surface area (TPSA) is 86.5 Å². The molecule has 0 aliphatic carbocycles. The minimum atomic E-state index is -0.760. The summed E-state index contributed by atoms with van der Waals surface area (Å²) in [5.41, 5.74) is -0.0716. The molecule has 0 aromatic heterocycles. The van der Waals surface area contributed by atoms with Gasteiger partial charge in [-0.05, 0) is 18.6 Å². The van der Waals surface area contributed by atoms with Gasteiger partial charge in [-0.3, -0.25) is 14.9 Å². The van der Waals surface area contributed by atoms with Crippen LogP contribution in [0.4, 0.5) is 5.69 Å². The molecule has 0 saturated heterocycles. The van der Waals surface area contributed by atoms with Crippen molar-refractivity contribution in [3.63, 3.8) is 0 Å². The van der Waals surface area contributed by atoms with E-state index in [9.17, 15) is 19.7 Å². The van der Waals surface area contributed by atoms with E-state index in [2.05, 4.69) is 0 Å². The molecule has 0 heterocycles. The van der Waals surface area contributed by atoms with Crippen molar-refractivity contribution in [2.75, 3.05) is 12.5 Å². The summed E-state index contributed by atoms with van der Waals surface area (Å²) in [6, 6.07) is 3.95. The van der Waals surface area contributed by atoms with Crippen LogP contribution in [-0.2, 0) is 16.0 Å². The fourth-order valence-electron chi connectivity index (χ4n) is 1.49. The van der Waals surface area contributed by atoms with E-state index in [1.807, 2.05) is 0 Å². The van der Waals surface area contributed by atoms with Crippen molar-refractivity contribution in [2.45, 2.75) is 13.3 Å². The number of Topliss-reactive ketones (excluding diaryl/α,β-unsaturated/α-hetero) is 1. The first-order chi connectivity index (χ1) is 8.99. The molecule has 102 valence electrons. The van der Waals surface area contributed by atoms with Gasteiger partial charge in [-0.25, -0.2) is 4.79 Å². The molecule has 0 aliphatic rings. The number of hydrogen-bond acceptors (Lipinski definition) is 5. The Morgan fingerprint density at radius 1 is 1.42 bits per heavy atom. The van der Waals surface area contributed by atoms with E-state index in [4.69, 9.17) is 16.3 Å². The number of ether oxygens (including phenoxy) is 1. The van der Waals surface area contributed by atoms with Gasteiger partial charge in [0.05, 0.1) is 17.4 Å². The highest BCUT2D eigenvalue weighted by atomic mass is 35.5. The van der Waals surface area contributed by atoms with Crippen molar-refractivity contribution in [3.8, 4) is 0 Å². The highest BCUT2D eigenvalue weighted by Crippen LogP contribution is 2.22. The van der Waals surface area contributed by atoms with Gasteiger partial charge in [0, 0.05) is 12.5 Å². The standard InChI is InChI=1S/C12H12ClNO5/c1-2-19-12(16)10-4-3-8(5-9(15)7-13)6-11(10)14(17)18/h3-4,6H,2,5,7H2,1H3. The SMILES string of the molecule is CCOC(=O)c1ccc(CC(=O)CCl)cc1[N+](=O)[O-]. The van der Waals surface area contributed by atoms with Crippen LogP contribution in [0.15, 0.2) is 18.2 Å². The Bertz CT molecular complexity index is 515. The molecule has 0 bridgehead atoms. The fraction of sp³-hybridized carbons (Fsp3) is 0.333. The molecule has 1 aromatic carbocycles. The Labute approximate surface area is 114 Å². The lowest BCUT2D eigenvalue weighted by molar-refractivity contribution is -0.385. The molecule has 0 atom stereocenters. The first kappa shape index (κ1) is 15.1. The second kappa shape index (κ2) is 6.84. The maximum absolute atomic E-state index is 11.5. The molecule has 1 rings (SSSR count). The first-order valence-electron chi connectivity index (χ1n) is 5.51. The predicted octanol–water partition coefficient (Wildman–Crippen LogP) is 2.12. The van der Waals surface area contributed by atoms with Gasteiger partial charge in [0.2, 0.25) is 0 Å². The lowest BCUT2D eigenvalue weighted by atomic mass is 10.1. The molecular formula is C12H12ClNO5. The maximum Gasteiger partial charge on any atom is 0.345 e. The number of alkyl halides is 1. The number of esters is 1. The van der Waals surface area contributed by atoms with E-state index < -0.39 is 10.9 Å². The van der Waals surface area contributed by atoms with Crippen LogP contribution in [0.1, 0.15) is 22.8 Å². The van der Waals surface area contributed by atoms with Crippen molar-refractivity contribution < 1.29 is 19.2 Å². The summed E-state index contributed by atoms with van der Waals surface area (Å²) >= 11 is 5.37. The number of halogens is 1. The largest absolute Gasteiger partial charge is 0.462 e. The van der Waals surface area contributed by atoms with Gasteiger partial charge in [0.15, 0.2) is 5.78 Å². The number of rotatable bonds is 6. The zero-order chi connectivity index (χ0) is 14.4. The minimum absolute atomic E-state index is 0.00650. The summed E-state index contributed by atoms with van der Waals surface area (Å²) in [5.74, 6) is -1.17. The highest BCUT2D eigenvalue weighted by Gasteiger charge is 2.22. The van der Waals surface area contributed by atoms with Gasteiger partial charge >= 0.3 is 5.97 Å². The Balaban J connectivity index is 3.11. The predicted molar refractivity (Wildman–Crippen MR) is 68.5 cm³/mol. The molecule has 6 nitrogen and oxygen atoms in total. The zero-order valence-corrected chi connectivity index (χ0v) is 11.0. The number of hydrogen-bond donors (Lipinski definition) is 0. The monoisotopic (exact) mass is 285 g/mol. The van der Waals surface area contributed by atoms with Crippen molar-refractivity contribution in [1.29, 1.82) is 0 Å². The maximum atomic E-state index is 11.5. The van der Waals surface area contributed by atoms with Gasteiger partial charge in [0.1, 0.15) is 5.56 Å². The Morgan fingerprint density at radius 2 is 2.11 bits per heavy atom. The number of carbonyl (C=O) groups is 2. The number of nitro benzene ring substituents is 1. The lowest BCUT2D eigenvalue weighted by Gasteiger charge is -2.05. The van der Waals surface area contributed by atoms with E-state index in [-0.39, 0.29) is 35.9 Å². The molecule has 0 N–H and O–H groups in total. The van der Waals surface area contributed by atoms with Gasteiger partial charge < -0.3 is 4.74 Å².